The monoisotopic (exact) mass is 299 g/mol. The summed E-state index contributed by atoms with van der Waals surface area (Å²) in [5.74, 6) is -1.12. The van der Waals surface area contributed by atoms with Crippen LogP contribution in [0.5, 0.6) is 0 Å². The molecule has 1 aromatic carbocycles. The molecule has 0 radical (unpaired) electrons. The smallest absolute Gasteiger partial charge is 0.242 e. The Balaban J connectivity index is 2.91. The van der Waals surface area contributed by atoms with Crippen LogP contribution in [0, 0.1) is 5.82 Å². The normalized spacial score (nSPS) is 13.3. The van der Waals surface area contributed by atoms with Crippen LogP contribution in [0.15, 0.2) is 23.3 Å². The Morgan fingerprint density at radius 2 is 2.35 bits per heavy atom. The van der Waals surface area contributed by atoms with Crippen molar-refractivity contribution < 1.29 is 9.18 Å². The van der Waals surface area contributed by atoms with E-state index in [1.165, 1.54) is 12.1 Å². The van der Waals surface area contributed by atoms with Gasteiger partial charge in [0.1, 0.15) is 11.4 Å². The number of azide groups is 1. The van der Waals surface area contributed by atoms with E-state index in [1.807, 2.05) is 0 Å². The Hall–Kier alpha value is -1.82. The fraction of sp³-hybridized carbons (Fsp3) is 0.417. The van der Waals surface area contributed by atoms with Crippen LogP contribution in [0.4, 0.5) is 4.39 Å². The van der Waals surface area contributed by atoms with Gasteiger partial charge in [-0.2, -0.15) is 0 Å². The van der Waals surface area contributed by atoms with Gasteiger partial charge in [0, 0.05) is 22.0 Å². The first-order chi connectivity index (χ1) is 9.41. The second-order valence-corrected chi connectivity index (χ2v) is 4.76. The summed E-state index contributed by atoms with van der Waals surface area (Å²) in [5, 5.41) is 6.47. The van der Waals surface area contributed by atoms with E-state index in [0.29, 0.717) is 25.1 Å². The summed E-state index contributed by atoms with van der Waals surface area (Å²) in [6.45, 7) is 2.27. The largest absolute Gasteiger partial charge is 0.368 e. The number of halogens is 2. The van der Waals surface area contributed by atoms with Crippen molar-refractivity contribution in [3.63, 3.8) is 0 Å². The predicted octanol–water partition coefficient (Wildman–Crippen LogP) is 2.47. The van der Waals surface area contributed by atoms with Crippen molar-refractivity contribution >= 4 is 17.5 Å². The van der Waals surface area contributed by atoms with Crippen LogP contribution in [0.25, 0.3) is 10.4 Å². The second kappa shape index (κ2) is 7.09. The minimum Gasteiger partial charge on any atom is -0.368 e. The van der Waals surface area contributed by atoms with Crippen molar-refractivity contribution in [2.75, 3.05) is 13.1 Å². The van der Waals surface area contributed by atoms with E-state index in [-0.39, 0.29) is 5.02 Å². The summed E-state index contributed by atoms with van der Waals surface area (Å²) in [7, 11) is 0. The van der Waals surface area contributed by atoms with Crippen molar-refractivity contribution in [2.24, 2.45) is 10.8 Å². The van der Waals surface area contributed by atoms with Crippen LogP contribution in [0.2, 0.25) is 5.02 Å². The van der Waals surface area contributed by atoms with Crippen LogP contribution in [0.1, 0.15) is 18.9 Å². The predicted molar refractivity (Wildman–Crippen MR) is 74.6 cm³/mol. The van der Waals surface area contributed by atoms with E-state index in [2.05, 4.69) is 15.3 Å². The lowest BCUT2D eigenvalue weighted by molar-refractivity contribution is -0.124. The minimum absolute atomic E-state index is 0.119. The van der Waals surface area contributed by atoms with Crippen LogP contribution in [0.3, 0.4) is 0 Å². The molecule has 1 rings (SSSR count). The highest BCUT2D eigenvalue weighted by atomic mass is 35.5. The topological polar surface area (TPSA) is 104 Å². The molecule has 1 aromatic rings. The molecule has 20 heavy (non-hydrogen) atoms. The van der Waals surface area contributed by atoms with E-state index in [4.69, 9.17) is 22.9 Å². The molecule has 0 aliphatic rings. The molecule has 0 saturated heterocycles. The zero-order valence-corrected chi connectivity index (χ0v) is 11.7. The number of hydrogen-bond acceptors (Lipinski definition) is 3. The first-order valence-electron chi connectivity index (χ1n) is 5.93. The molecule has 8 heteroatoms. The summed E-state index contributed by atoms with van der Waals surface area (Å²) in [6.07, 6.45) is 0.533. The quantitative estimate of drug-likeness (QED) is 0.349. The highest BCUT2D eigenvalue weighted by Gasteiger charge is 2.34. The highest BCUT2D eigenvalue weighted by molar-refractivity contribution is 6.31. The van der Waals surface area contributed by atoms with Gasteiger partial charge in [-0.15, -0.1) is 0 Å². The molecular formula is C12H15ClFN5O. The average molecular weight is 300 g/mol. The second-order valence-electron chi connectivity index (χ2n) is 4.35. The summed E-state index contributed by atoms with van der Waals surface area (Å²) < 4.78 is 13.1. The van der Waals surface area contributed by atoms with Gasteiger partial charge in [0.25, 0.3) is 0 Å². The molecule has 3 N–H and O–H groups in total. The molecule has 108 valence electrons. The third kappa shape index (κ3) is 3.84. The van der Waals surface area contributed by atoms with Crippen molar-refractivity contribution in [3.05, 3.63) is 45.0 Å². The molecule has 0 heterocycles. The van der Waals surface area contributed by atoms with Gasteiger partial charge in [0.2, 0.25) is 5.91 Å². The van der Waals surface area contributed by atoms with Gasteiger partial charge < -0.3 is 5.73 Å². The number of nitrogens with two attached hydrogens (primary N) is 1. The molecule has 1 amide bonds. The maximum atomic E-state index is 13.1. The third-order valence-electron chi connectivity index (χ3n) is 2.94. The zero-order valence-electron chi connectivity index (χ0n) is 10.9. The van der Waals surface area contributed by atoms with E-state index < -0.39 is 17.3 Å². The van der Waals surface area contributed by atoms with E-state index in [0.717, 1.165) is 6.07 Å². The van der Waals surface area contributed by atoms with Crippen LogP contribution in [-0.4, -0.2) is 19.0 Å². The minimum atomic E-state index is -1.22. The van der Waals surface area contributed by atoms with Gasteiger partial charge in [0.05, 0.1) is 0 Å². The Morgan fingerprint density at radius 1 is 1.65 bits per heavy atom. The summed E-state index contributed by atoms with van der Waals surface area (Å²) >= 11 is 5.97. The number of nitrogens with one attached hydrogen (secondary N) is 1. The average Bonchev–Trinajstić information content (AvgIpc) is 2.37. The lowest BCUT2D eigenvalue weighted by Gasteiger charge is -2.29. The number of primary amides is 1. The summed E-state index contributed by atoms with van der Waals surface area (Å²) in [6, 6.07) is 3.76. The molecule has 0 aromatic heterocycles. The van der Waals surface area contributed by atoms with Crippen LogP contribution in [-0.2, 0) is 10.3 Å². The molecular weight excluding hydrogens is 285 g/mol. The molecule has 0 spiro atoms. The number of carbonyl (C=O) groups excluding carboxylic acids is 1. The fourth-order valence-corrected chi connectivity index (χ4v) is 2.10. The molecule has 0 bridgehead atoms. The van der Waals surface area contributed by atoms with Gasteiger partial charge >= 0.3 is 0 Å². The molecule has 1 unspecified atom stereocenters. The molecule has 0 fully saturated rings. The summed E-state index contributed by atoms with van der Waals surface area (Å²) in [5.41, 5.74) is 12.8. The Labute approximate surface area is 120 Å². The molecule has 6 nitrogen and oxygen atoms in total. The zero-order chi connectivity index (χ0) is 15.2. The molecule has 0 aliphatic carbocycles. The van der Waals surface area contributed by atoms with Gasteiger partial charge in [0.15, 0.2) is 0 Å². The van der Waals surface area contributed by atoms with Gasteiger partial charge in [-0.05, 0) is 37.6 Å². The first-order valence-corrected chi connectivity index (χ1v) is 6.31. The molecule has 0 saturated carbocycles. The standard InChI is InChI=1S/C12H15ClFN5O/c1-12(11(15)20,17-5-2-6-18-19-16)9-4-3-8(14)7-10(9)13/h3-4,7,17H,2,5-6H2,1H3,(H2,15,20). The van der Waals surface area contributed by atoms with E-state index >= 15 is 0 Å². The number of hydrogen-bond donors (Lipinski definition) is 2. The molecule has 1 atom stereocenters. The number of amides is 1. The van der Waals surface area contributed by atoms with Crippen molar-refractivity contribution in [1.29, 1.82) is 0 Å². The van der Waals surface area contributed by atoms with Crippen molar-refractivity contribution in [1.82, 2.24) is 5.32 Å². The maximum absolute atomic E-state index is 13.1. The van der Waals surface area contributed by atoms with Crippen molar-refractivity contribution in [3.8, 4) is 0 Å². The van der Waals surface area contributed by atoms with Gasteiger partial charge in [-0.3, -0.25) is 10.1 Å². The Kier molecular flexibility index (Phi) is 5.76. The van der Waals surface area contributed by atoms with Crippen LogP contribution >= 0.6 is 11.6 Å². The Bertz CT molecular complexity index is 547. The van der Waals surface area contributed by atoms with Gasteiger partial charge in [-0.1, -0.05) is 22.8 Å². The fourth-order valence-electron chi connectivity index (χ4n) is 1.74. The third-order valence-corrected chi connectivity index (χ3v) is 3.25. The highest BCUT2D eigenvalue weighted by Crippen LogP contribution is 2.28. The molecule has 0 aliphatic heterocycles. The number of carbonyl (C=O) groups is 1. The lowest BCUT2D eigenvalue weighted by atomic mass is 9.91. The number of benzene rings is 1. The SMILES string of the molecule is CC(NCCCN=[N+]=[N-])(C(N)=O)c1ccc(F)cc1Cl. The van der Waals surface area contributed by atoms with E-state index in [9.17, 15) is 9.18 Å². The van der Waals surface area contributed by atoms with E-state index in [1.54, 1.807) is 6.92 Å². The summed E-state index contributed by atoms with van der Waals surface area (Å²) in [4.78, 5) is 14.3. The Morgan fingerprint density at radius 3 is 2.90 bits per heavy atom. The number of rotatable bonds is 7. The maximum Gasteiger partial charge on any atom is 0.242 e. The van der Waals surface area contributed by atoms with Crippen LogP contribution < -0.4 is 11.1 Å². The lowest BCUT2D eigenvalue weighted by Crippen LogP contribution is -2.51. The first kappa shape index (κ1) is 16.2. The number of nitrogens with zero attached hydrogens (tertiary/aromatic N) is 3. The van der Waals surface area contributed by atoms with Gasteiger partial charge in [-0.25, -0.2) is 4.39 Å². The van der Waals surface area contributed by atoms with Crippen molar-refractivity contribution in [2.45, 2.75) is 18.9 Å².